The molecule has 1 fully saturated rings. The number of hydrogen-bond acceptors (Lipinski definition) is 4. The van der Waals surface area contributed by atoms with Crippen molar-refractivity contribution in [3.05, 3.63) is 23.8 Å². The van der Waals surface area contributed by atoms with E-state index in [1.54, 1.807) is 6.07 Å². The highest BCUT2D eigenvalue weighted by molar-refractivity contribution is 5.83. The van der Waals surface area contributed by atoms with Crippen LogP contribution in [0, 0.1) is 11.3 Å². The molecule has 2 heterocycles. The lowest BCUT2D eigenvalue weighted by Crippen LogP contribution is -2.25. The second-order valence-corrected chi connectivity index (χ2v) is 4.85. The zero-order valence-corrected chi connectivity index (χ0v) is 10.7. The zero-order valence-electron chi connectivity index (χ0n) is 10.7. The topological polar surface area (TPSA) is 76.9 Å². The molecule has 1 aromatic heterocycles. The average molecular weight is 256 g/mol. The Balaban J connectivity index is 1.99. The van der Waals surface area contributed by atoms with Gasteiger partial charge in [-0.2, -0.15) is 5.26 Å². The van der Waals surface area contributed by atoms with Crippen LogP contribution in [0.25, 0.3) is 11.0 Å². The van der Waals surface area contributed by atoms with Gasteiger partial charge in [-0.05, 0) is 31.4 Å². The van der Waals surface area contributed by atoms with Crippen molar-refractivity contribution in [2.75, 3.05) is 12.3 Å². The highest BCUT2D eigenvalue weighted by atomic mass is 16.5. The normalized spacial score (nSPS) is 19.4. The Morgan fingerprint density at radius 3 is 3.11 bits per heavy atom. The van der Waals surface area contributed by atoms with Crippen molar-refractivity contribution in [2.45, 2.75) is 31.9 Å². The van der Waals surface area contributed by atoms with Crippen LogP contribution in [0.4, 0.5) is 5.95 Å². The molecular formula is C14H16N4O. The number of fused-ring (bicyclic) bond motifs is 1. The van der Waals surface area contributed by atoms with Crippen molar-refractivity contribution in [1.29, 1.82) is 5.26 Å². The number of nitrogens with zero attached hydrogens (tertiary/aromatic N) is 3. The van der Waals surface area contributed by atoms with E-state index in [2.05, 4.69) is 11.1 Å². The third-order valence-electron chi connectivity index (χ3n) is 3.59. The van der Waals surface area contributed by atoms with E-state index in [0.29, 0.717) is 23.6 Å². The molecule has 1 unspecified atom stereocenters. The molecule has 0 spiro atoms. The Hall–Kier alpha value is -2.06. The molecule has 5 heteroatoms. The summed E-state index contributed by atoms with van der Waals surface area (Å²) in [5, 5.41) is 9.09. The molecule has 3 rings (SSSR count). The minimum absolute atomic E-state index is 0.194. The molecule has 1 aliphatic rings. The van der Waals surface area contributed by atoms with Crippen LogP contribution in [0.3, 0.4) is 0 Å². The van der Waals surface area contributed by atoms with Gasteiger partial charge in [0.1, 0.15) is 11.6 Å². The summed E-state index contributed by atoms with van der Waals surface area (Å²) in [7, 11) is 0. The predicted molar refractivity (Wildman–Crippen MR) is 72.5 cm³/mol. The zero-order chi connectivity index (χ0) is 13.2. The number of ether oxygens (including phenoxy) is 1. The van der Waals surface area contributed by atoms with Gasteiger partial charge < -0.3 is 15.0 Å². The van der Waals surface area contributed by atoms with Gasteiger partial charge >= 0.3 is 0 Å². The van der Waals surface area contributed by atoms with E-state index in [4.69, 9.17) is 15.7 Å². The maximum absolute atomic E-state index is 9.09. The van der Waals surface area contributed by atoms with Gasteiger partial charge in [-0.15, -0.1) is 0 Å². The Kier molecular flexibility index (Phi) is 3.10. The second kappa shape index (κ2) is 4.90. The molecule has 5 nitrogen and oxygen atoms in total. The van der Waals surface area contributed by atoms with E-state index in [9.17, 15) is 0 Å². The van der Waals surface area contributed by atoms with Crippen LogP contribution in [0.2, 0.25) is 0 Å². The summed E-state index contributed by atoms with van der Waals surface area (Å²) in [6.45, 7) is 1.53. The Morgan fingerprint density at radius 2 is 2.37 bits per heavy atom. The van der Waals surface area contributed by atoms with Crippen LogP contribution in [0.1, 0.15) is 24.8 Å². The van der Waals surface area contributed by atoms with Gasteiger partial charge in [0, 0.05) is 6.61 Å². The van der Waals surface area contributed by atoms with Crippen LogP contribution in [-0.4, -0.2) is 22.3 Å². The van der Waals surface area contributed by atoms with Crippen molar-refractivity contribution >= 4 is 17.0 Å². The van der Waals surface area contributed by atoms with Crippen LogP contribution < -0.4 is 5.73 Å². The lowest BCUT2D eigenvalue weighted by atomic mass is 10.1. The van der Waals surface area contributed by atoms with Gasteiger partial charge in [0.05, 0.1) is 23.7 Å². The number of nitrogens with two attached hydrogens (primary N) is 1. The second-order valence-electron chi connectivity index (χ2n) is 4.85. The first-order valence-electron chi connectivity index (χ1n) is 6.56. The minimum Gasteiger partial charge on any atom is -0.376 e. The average Bonchev–Trinajstić information content (AvgIpc) is 2.76. The van der Waals surface area contributed by atoms with Crippen LogP contribution in [0.15, 0.2) is 18.2 Å². The molecule has 1 saturated heterocycles. The number of aromatic nitrogens is 2. The van der Waals surface area contributed by atoms with Crippen molar-refractivity contribution < 1.29 is 4.74 Å². The summed E-state index contributed by atoms with van der Waals surface area (Å²) < 4.78 is 7.69. The Labute approximate surface area is 111 Å². The Bertz CT molecular complexity index is 635. The largest absolute Gasteiger partial charge is 0.376 e. The number of para-hydroxylation sites is 1. The van der Waals surface area contributed by atoms with E-state index in [0.717, 1.165) is 25.0 Å². The fraction of sp³-hybridized carbons (Fsp3) is 0.429. The van der Waals surface area contributed by atoms with E-state index < -0.39 is 0 Å². The molecule has 1 aromatic carbocycles. The number of imidazole rings is 1. The van der Waals surface area contributed by atoms with E-state index >= 15 is 0 Å². The van der Waals surface area contributed by atoms with Gasteiger partial charge in [0.2, 0.25) is 5.95 Å². The standard InChI is InChI=1S/C14H16N4O/c15-8-10-4-3-6-12-13(10)17-14(16)18(12)9-11-5-1-2-7-19-11/h3-4,6,11H,1-2,5,7,9H2,(H2,16,17). The number of nitrogen functional groups attached to an aromatic ring is 1. The minimum atomic E-state index is 0.194. The van der Waals surface area contributed by atoms with E-state index in [-0.39, 0.29) is 6.10 Å². The molecule has 0 radical (unpaired) electrons. The number of hydrogen-bond donors (Lipinski definition) is 1. The smallest absolute Gasteiger partial charge is 0.201 e. The van der Waals surface area contributed by atoms with Gasteiger partial charge in [-0.1, -0.05) is 6.07 Å². The third-order valence-corrected chi connectivity index (χ3v) is 3.59. The number of rotatable bonds is 2. The fourth-order valence-corrected chi connectivity index (χ4v) is 2.60. The molecule has 19 heavy (non-hydrogen) atoms. The highest BCUT2D eigenvalue weighted by Crippen LogP contribution is 2.23. The maximum atomic E-state index is 9.09. The van der Waals surface area contributed by atoms with Gasteiger partial charge in [-0.3, -0.25) is 0 Å². The van der Waals surface area contributed by atoms with Gasteiger partial charge in [0.15, 0.2) is 0 Å². The first-order chi connectivity index (χ1) is 9.29. The van der Waals surface area contributed by atoms with Crippen molar-refractivity contribution in [2.24, 2.45) is 0 Å². The molecule has 0 amide bonds. The Morgan fingerprint density at radius 1 is 1.47 bits per heavy atom. The van der Waals surface area contributed by atoms with Gasteiger partial charge in [-0.25, -0.2) is 4.98 Å². The van der Waals surface area contributed by atoms with E-state index in [1.165, 1.54) is 6.42 Å². The highest BCUT2D eigenvalue weighted by Gasteiger charge is 2.18. The summed E-state index contributed by atoms with van der Waals surface area (Å²) in [6, 6.07) is 7.72. The molecule has 1 atom stereocenters. The quantitative estimate of drug-likeness (QED) is 0.892. The van der Waals surface area contributed by atoms with Gasteiger partial charge in [0.25, 0.3) is 0 Å². The monoisotopic (exact) mass is 256 g/mol. The van der Waals surface area contributed by atoms with Crippen molar-refractivity contribution in [1.82, 2.24) is 9.55 Å². The summed E-state index contributed by atoms with van der Waals surface area (Å²) in [5.74, 6) is 0.451. The van der Waals surface area contributed by atoms with E-state index in [1.807, 2.05) is 16.7 Å². The summed E-state index contributed by atoms with van der Waals surface area (Å²) in [6.07, 6.45) is 3.58. The molecule has 0 bridgehead atoms. The first kappa shape index (κ1) is 12.0. The van der Waals surface area contributed by atoms with Crippen LogP contribution >= 0.6 is 0 Å². The number of benzene rings is 1. The molecule has 1 aliphatic heterocycles. The lowest BCUT2D eigenvalue weighted by molar-refractivity contribution is 0.00694. The maximum Gasteiger partial charge on any atom is 0.201 e. The van der Waals surface area contributed by atoms with Crippen molar-refractivity contribution in [3.8, 4) is 6.07 Å². The lowest BCUT2D eigenvalue weighted by Gasteiger charge is -2.23. The number of anilines is 1. The summed E-state index contributed by atoms with van der Waals surface area (Å²) in [4.78, 5) is 4.31. The molecule has 2 aromatic rings. The first-order valence-corrected chi connectivity index (χ1v) is 6.56. The molecule has 2 N–H and O–H groups in total. The SMILES string of the molecule is N#Cc1cccc2c1nc(N)n2CC1CCCCO1. The van der Waals surface area contributed by atoms with Crippen molar-refractivity contribution in [3.63, 3.8) is 0 Å². The van der Waals surface area contributed by atoms with Crippen LogP contribution in [-0.2, 0) is 11.3 Å². The summed E-state index contributed by atoms with van der Waals surface area (Å²) in [5.41, 5.74) is 8.13. The number of nitriles is 1. The van der Waals surface area contributed by atoms with Crippen LogP contribution in [0.5, 0.6) is 0 Å². The third kappa shape index (κ3) is 2.15. The molecule has 0 aliphatic carbocycles. The fourth-order valence-electron chi connectivity index (χ4n) is 2.60. The molecule has 98 valence electrons. The molecular weight excluding hydrogens is 240 g/mol. The summed E-state index contributed by atoms with van der Waals surface area (Å²) >= 11 is 0. The molecule has 0 saturated carbocycles. The predicted octanol–water partition coefficient (Wildman–Crippen LogP) is 2.06.